The second-order valence-corrected chi connectivity index (χ2v) is 4.63. The Labute approximate surface area is 109 Å². The number of hydrogen-bond donors (Lipinski definition) is 0. The number of carbonyl (C=O) groups excluding carboxylic acids is 2. The Kier molecular flexibility index (Phi) is 5.58. The van der Waals surface area contributed by atoms with E-state index < -0.39 is 11.8 Å². The Morgan fingerprint density at radius 1 is 1.44 bits per heavy atom. The summed E-state index contributed by atoms with van der Waals surface area (Å²) in [5, 5.41) is 0.0341. The zero-order chi connectivity index (χ0) is 13.5. The third-order valence-corrected chi connectivity index (χ3v) is 2.86. The molecule has 0 saturated carbocycles. The monoisotopic (exact) mass is 268 g/mol. The lowest BCUT2D eigenvalue weighted by molar-refractivity contribution is -0.109. The van der Waals surface area contributed by atoms with Gasteiger partial charge in [-0.05, 0) is 17.7 Å². The largest absolute Gasteiger partial charge is 0.465 e. The van der Waals surface area contributed by atoms with Crippen molar-refractivity contribution in [2.45, 2.75) is 6.92 Å². The van der Waals surface area contributed by atoms with E-state index in [1.165, 1.54) is 37.9 Å². The van der Waals surface area contributed by atoms with E-state index in [1.54, 1.807) is 18.2 Å². The molecule has 1 aromatic rings. The van der Waals surface area contributed by atoms with Crippen LogP contribution in [0.15, 0.2) is 24.3 Å². The Morgan fingerprint density at radius 3 is 2.72 bits per heavy atom. The summed E-state index contributed by atoms with van der Waals surface area (Å²) in [7, 11) is 1.20. The van der Waals surface area contributed by atoms with E-state index in [1.807, 2.05) is 0 Å². The maximum atomic E-state index is 13.5. The average Bonchev–Trinajstić information content (AvgIpc) is 2.33. The van der Waals surface area contributed by atoms with E-state index in [9.17, 15) is 14.0 Å². The standard InChI is InChI=1S/C13H13FO3S/c1-9(15)18-7-3-4-10-5-6-11(12(14)8-10)13(16)17-2/h3-6,8H,7H2,1-2H3. The lowest BCUT2D eigenvalue weighted by atomic mass is 10.1. The normalized spacial score (nSPS) is 10.6. The minimum absolute atomic E-state index is 0.0341. The molecule has 0 aliphatic heterocycles. The molecule has 18 heavy (non-hydrogen) atoms. The average molecular weight is 268 g/mol. The van der Waals surface area contributed by atoms with Crippen LogP contribution in [-0.2, 0) is 9.53 Å². The molecule has 1 rings (SSSR count). The highest BCUT2D eigenvalue weighted by Crippen LogP contribution is 2.13. The summed E-state index contributed by atoms with van der Waals surface area (Å²) < 4.78 is 18.0. The van der Waals surface area contributed by atoms with E-state index in [4.69, 9.17) is 0 Å². The van der Waals surface area contributed by atoms with Gasteiger partial charge in [0.25, 0.3) is 0 Å². The number of methoxy groups -OCH3 is 1. The van der Waals surface area contributed by atoms with Gasteiger partial charge in [0.2, 0.25) is 0 Å². The van der Waals surface area contributed by atoms with Crippen molar-refractivity contribution in [2.24, 2.45) is 0 Å². The summed E-state index contributed by atoms with van der Waals surface area (Å²) in [5.41, 5.74) is 0.539. The molecular formula is C13H13FO3S. The van der Waals surface area contributed by atoms with Crippen LogP contribution in [0.3, 0.4) is 0 Å². The molecule has 0 saturated heterocycles. The number of ether oxygens (including phenoxy) is 1. The quantitative estimate of drug-likeness (QED) is 0.787. The summed E-state index contributed by atoms with van der Waals surface area (Å²) in [5.74, 6) is -0.784. The van der Waals surface area contributed by atoms with Crippen molar-refractivity contribution < 1.29 is 18.7 Å². The molecule has 5 heteroatoms. The summed E-state index contributed by atoms with van der Waals surface area (Å²) in [6.45, 7) is 1.49. The minimum Gasteiger partial charge on any atom is -0.465 e. The van der Waals surface area contributed by atoms with E-state index in [-0.39, 0.29) is 10.7 Å². The molecule has 0 spiro atoms. The van der Waals surface area contributed by atoms with Crippen LogP contribution < -0.4 is 0 Å². The van der Waals surface area contributed by atoms with Gasteiger partial charge in [-0.25, -0.2) is 9.18 Å². The van der Waals surface area contributed by atoms with Crippen LogP contribution in [0, 0.1) is 5.82 Å². The third-order valence-electron chi connectivity index (χ3n) is 2.09. The van der Waals surface area contributed by atoms with Crippen molar-refractivity contribution in [2.75, 3.05) is 12.9 Å². The fourth-order valence-electron chi connectivity index (χ4n) is 1.26. The fourth-order valence-corrected chi connectivity index (χ4v) is 1.69. The molecule has 96 valence electrons. The summed E-state index contributed by atoms with van der Waals surface area (Å²) >= 11 is 1.17. The van der Waals surface area contributed by atoms with Crippen molar-refractivity contribution in [1.29, 1.82) is 0 Å². The molecule has 0 fully saturated rings. The Hall–Kier alpha value is -1.62. The highest BCUT2D eigenvalue weighted by Gasteiger charge is 2.11. The Balaban J connectivity index is 2.72. The lowest BCUT2D eigenvalue weighted by Gasteiger charge is -2.01. The molecule has 0 heterocycles. The Bertz CT molecular complexity index is 483. The smallest absolute Gasteiger partial charge is 0.340 e. The summed E-state index contributed by atoms with van der Waals surface area (Å²) in [6, 6.07) is 4.24. The molecule has 0 N–H and O–H groups in total. The van der Waals surface area contributed by atoms with Crippen LogP contribution in [0.5, 0.6) is 0 Å². The predicted molar refractivity (Wildman–Crippen MR) is 69.9 cm³/mol. The first kappa shape index (κ1) is 14.4. The van der Waals surface area contributed by atoms with Gasteiger partial charge in [-0.3, -0.25) is 4.79 Å². The predicted octanol–water partition coefficient (Wildman–Crippen LogP) is 2.91. The van der Waals surface area contributed by atoms with E-state index in [0.29, 0.717) is 11.3 Å². The van der Waals surface area contributed by atoms with Crippen LogP contribution in [0.25, 0.3) is 6.08 Å². The summed E-state index contributed by atoms with van der Waals surface area (Å²) in [4.78, 5) is 21.8. The molecule has 0 radical (unpaired) electrons. The van der Waals surface area contributed by atoms with Crippen molar-refractivity contribution in [1.82, 2.24) is 0 Å². The molecule has 0 unspecified atom stereocenters. The van der Waals surface area contributed by atoms with Crippen LogP contribution in [0.1, 0.15) is 22.8 Å². The van der Waals surface area contributed by atoms with Gasteiger partial charge < -0.3 is 4.74 Å². The molecule has 0 aliphatic carbocycles. The highest BCUT2D eigenvalue weighted by atomic mass is 32.2. The Morgan fingerprint density at radius 2 is 2.17 bits per heavy atom. The van der Waals surface area contributed by atoms with Crippen LogP contribution in [0.2, 0.25) is 0 Å². The molecule has 0 amide bonds. The van der Waals surface area contributed by atoms with Gasteiger partial charge in [0, 0.05) is 12.7 Å². The van der Waals surface area contributed by atoms with Crippen LogP contribution >= 0.6 is 11.8 Å². The van der Waals surface area contributed by atoms with Gasteiger partial charge >= 0.3 is 5.97 Å². The first-order chi connectivity index (χ1) is 8.54. The third kappa shape index (κ3) is 4.33. The number of esters is 1. The van der Waals surface area contributed by atoms with Crippen molar-refractivity contribution in [3.63, 3.8) is 0 Å². The SMILES string of the molecule is COC(=O)c1ccc(C=CCSC(C)=O)cc1F. The topological polar surface area (TPSA) is 43.4 Å². The number of hydrogen-bond acceptors (Lipinski definition) is 4. The minimum atomic E-state index is -0.699. The number of carbonyl (C=O) groups is 2. The zero-order valence-electron chi connectivity index (χ0n) is 10.1. The van der Waals surface area contributed by atoms with Crippen molar-refractivity contribution >= 4 is 28.9 Å². The number of rotatable bonds is 4. The van der Waals surface area contributed by atoms with Gasteiger partial charge in [0.1, 0.15) is 5.82 Å². The van der Waals surface area contributed by atoms with E-state index in [0.717, 1.165) is 0 Å². The van der Waals surface area contributed by atoms with E-state index in [2.05, 4.69) is 4.74 Å². The number of thioether (sulfide) groups is 1. The molecule has 1 aromatic carbocycles. The van der Waals surface area contributed by atoms with Gasteiger partial charge in [0.05, 0.1) is 12.7 Å². The van der Waals surface area contributed by atoms with Crippen molar-refractivity contribution in [3.05, 3.63) is 41.2 Å². The van der Waals surface area contributed by atoms with Crippen molar-refractivity contribution in [3.8, 4) is 0 Å². The van der Waals surface area contributed by atoms with Gasteiger partial charge in [-0.1, -0.05) is 30.0 Å². The highest BCUT2D eigenvalue weighted by molar-refractivity contribution is 8.13. The van der Waals surface area contributed by atoms with Gasteiger partial charge in [0.15, 0.2) is 5.12 Å². The zero-order valence-corrected chi connectivity index (χ0v) is 10.9. The van der Waals surface area contributed by atoms with Gasteiger partial charge in [-0.2, -0.15) is 0 Å². The molecule has 0 bridgehead atoms. The second-order valence-electron chi connectivity index (χ2n) is 3.44. The summed E-state index contributed by atoms with van der Waals surface area (Å²) in [6.07, 6.45) is 3.46. The number of benzene rings is 1. The lowest BCUT2D eigenvalue weighted by Crippen LogP contribution is -2.04. The van der Waals surface area contributed by atoms with Crippen LogP contribution in [0.4, 0.5) is 4.39 Å². The molecule has 0 aliphatic rings. The van der Waals surface area contributed by atoms with Crippen LogP contribution in [-0.4, -0.2) is 23.9 Å². The van der Waals surface area contributed by atoms with E-state index >= 15 is 0 Å². The first-order valence-electron chi connectivity index (χ1n) is 5.22. The fraction of sp³-hybridized carbons (Fsp3) is 0.231. The second kappa shape index (κ2) is 6.96. The maximum Gasteiger partial charge on any atom is 0.340 e. The maximum absolute atomic E-state index is 13.5. The van der Waals surface area contributed by atoms with Gasteiger partial charge in [-0.15, -0.1) is 0 Å². The molecule has 0 aromatic heterocycles. The first-order valence-corrected chi connectivity index (χ1v) is 6.21. The molecular weight excluding hydrogens is 255 g/mol. The number of halogens is 1. The molecule has 0 atom stereocenters. The molecule has 3 nitrogen and oxygen atoms in total.